The lowest BCUT2D eigenvalue weighted by molar-refractivity contribution is -0.138. The summed E-state index contributed by atoms with van der Waals surface area (Å²) in [6, 6.07) is 6.50. The van der Waals surface area contributed by atoms with Gasteiger partial charge in [0.05, 0.1) is 0 Å². The molecule has 5 heteroatoms. The van der Waals surface area contributed by atoms with Crippen LogP contribution in [0.15, 0.2) is 24.3 Å². The minimum atomic E-state index is -0.928. The number of urea groups is 1. The molecule has 2 rings (SSSR count). The molecule has 0 radical (unpaired) electrons. The van der Waals surface area contributed by atoms with Crippen molar-refractivity contribution in [2.75, 3.05) is 6.54 Å². The summed E-state index contributed by atoms with van der Waals surface area (Å²) in [5.74, 6) is -1.95. The second kappa shape index (κ2) is 4.60. The minimum absolute atomic E-state index is 0.250. The van der Waals surface area contributed by atoms with Crippen molar-refractivity contribution in [3.05, 3.63) is 35.4 Å². The Bertz CT molecular complexity index is 507. The van der Waals surface area contributed by atoms with E-state index < -0.39 is 23.8 Å². The lowest BCUT2D eigenvalue weighted by Crippen LogP contribution is -2.56. The Labute approximate surface area is 105 Å². The smallest absolute Gasteiger partial charge is 0.277 e. The molecule has 5 nitrogen and oxygen atoms in total. The van der Waals surface area contributed by atoms with Crippen molar-refractivity contribution in [2.24, 2.45) is 0 Å². The third-order valence-corrected chi connectivity index (χ3v) is 2.98. The van der Waals surface area contributed by atoms with E-state index in [1.165, 1.54) is 0 Å². The molecule has 94 valence electrons. The highest BCUT2D eigenvalue weighted by Gasteiger charge is 2.40. The third-order valence-electron chi connectivity index (χ3n) is 2.98. The van der Waals surface area contributed by atoms with Gasteiger partial charge in [0, 0.05) is 6.54 Å². The molecule has 0 aliphatic carbocycles. The molecule has 1 atom stereocenters. The first kappa shape index (κ1) is 12.3. The van der Waals surface area contributed by atoms with Gasteiger partial charge in [-0.25, -0.2) is 4.79 Å². The zero-order chi connectivity index (χ0) is 13.3. The van der Waals surface area contributed by atoms with Crippen LogP contribution in [-0.4, -0.2) is 29.3 Å². The number of hydrogen-bond acceptors (Lipinski definition) is 3. The molecule has 4 amide bonds. The second-order valence-corrected chi connectivity index (χ2v) is 4.22. The summed E-state index contributed by atoms with van der Waals surface area (Å²) in [5, 5.41) is 2.20. The van der Waals surface area contributed by atoms with E-state index in [0.717, 1.165) is 10.5 Å². The molecule has 1 aromatic rings. The SMILES string of the molecule is CCN1C(=O)NC(=O)C(c2ccc(C)cc2)C1=O. The number of carbonyl (C=O) groups is 3. The van der Waals surface area contributed by atoms with Crippen LogP contribution in [-0.2, 0) is 9.59 Å². The van der Waals surface area contributed by atoms with E-state index in [1.54, 1.807) is 19.1 Å². The van der Waals surface area contributed by atoms with Crippen LogP contribution < -0.4 is 5.32 Å². The van der Waals surface area contributed by atoms with E-state index >= 15 is 0 Å². The lowest BCUT2D eigenvalue weighted by atomic mass is 9.94. The quantitative estimate of drug-likeness (QED) is 0.797. The Hall–Kier alpha value is -2.17. The van der Waals surface area contributed by atoms with Crippen LogP contribution >= 0.6 is 0 Å². The highest BCUT2D eigenvalue weighted by atomic mass is 16.2. The Kier molecular flexibility index (Phi) is 3.14. The van der Waals surface area contributed by atoms with E-state index in [-0.39, 0.29) is 6.54 Å². The van der Waals surface area contributed by atoms with Gasteiger partial charge in [-0.2, -0.15) is 0 Å². The zero-order valence-corrected chi connectivity index (χ0v) is 10.3. The summed E-state index contributed by atoms with van der Waals surface area (Å²) < 4.78 is 0. The van der Waals surface area contributed by atoms with Gasteiger partial charge in [-0.05, 0) is 19.4 Å². The maximum atomic E-state index is 12.1. The lowest BCUT2D eigenvalue weighted by Gasteiger charge is -2.29. The zero-order valence-electron chi connectivity index (χ0n) is 10.3. The van der Waals surface area contributed by atoms with Gasteiger partial charge < -0.3 is 0 Å². The highest BCUT2D eigenvalue weighted by Crippen LogP contribution is 2.22. The summed E-state index contributed by atoms with van der Waals surface area (Å²) in [5.41, 5.74) is 1.65. The molecular formula is C13H14N2O3. The molecule has 1 heterocycles. The Balaban J connectivity index is 2.36. The molecule has 1 fully saturated rings. The van der Waals surface area contributed by atoms with Gasteiger partial charge >= 0.3 is 6.03 Å². The topological polar surface area (TPSA) is 66.5 Å². The number of barbiturate groups is 1. The van der Waals surface area contributed by atoms with Crippen molar-refractivity contribution in [3.8, 4) is 0 Å². The van der Waals surface area contributed by atoms with Crippen LogP contribution in [0.5, 0.6) is 0 Å². The first-order chi connectivity index (χ1) is 8.54. The van der Waals surface area contributed by atoms with E-state index in [2.05, 4.69) is 5.32 Å². The Morgan fingerprint density at radius 2 is 1.78 bits per heavy atom. The van der Waals surface area contributed by atoms with Crippen molar-refractivity contribution in [1.82, 2.24) is 10.2 Å². The molecule has 1 saturated heterocycles. The molecule has 0 saturated carbocycles. The van der Waals surface area contributed by atoms with Crippen LogP contribution in [0, 0.1) is 6.92 Å². The molecule has 1 aromatic carbocycles. The molecule has 1 unspecified atom stereocenters. The molecule has 0 bridgehead atoms. The molecule has 1 aliphatic heterocycles. The van der Waals surface area contributed by atoms with Crippen molar-refractivity contribution < 1.29 is 14.4 Å². The maximum Gasteiger partial charge on any atom is 0.330 e. The molecule has 18 heavy (non-hydrogen) atoms. The Morgan fingerprint density at radius 1 is 1.17 bits per heavy atom. The van der Waals surface area contributed by atoms with Crippen LogP contribution in [0.4, 0.5) is 4.79 Å². The van der Waals surface area contributed by atoms with Crippen LogP contribution in [0.3, 0.4) is 0 Å². The second-order valence-electron chi connectivity index (χ2n) is 4.22. The molecular weight excluding hydrogens is 232 g/mol. The number of likely N-dealkylation sites (N-methyl/N-ethyl adjacent to an activating group) is 1. The molecule has 1 aliphatic rings. The van der Waals surface area contributed by atoms with Crippen molar-refractivity contribution in [1.29, 1.82) is 0 Å². The van der Waals surface area contributed by atoms with Gasteiger partial charge in [0.25, 0.3) is 0 Å². The monoisotopic (exact) mass is 246 g/mol. The van der Waals surface area contributed by atoms with E-state index in [0.29, 0.717) is 5.56 Å². The highest BCUT2D eigenvalue weighted by molar-refractivity contribution is 6.19. The number of nitrogens with zero attached hydrogens (tertiary/aromatic N) is 1. The number of aryl methyl sites for hydroxylation is 1. The fourth-order valence-electron chi connectivity index (χ4n) is 1.97. The van der Waals surface area contributed by atoms with Gasteiger partial charge in [-0.3, -0.25) is 19.8 Å². The number of rotatable bonds is 2. The fraction of sp³-hybridized carbons (Fsp3) is 0.308. The average Bonchev–Trinajstić information content (AvgIpc) is 2.31. The van der Waals surface area contributed by atoms with Gasteiger partial charge in [0.15, 0.2) is 0 Å². The third kappa shape index (κ3) is 1.99. The van der Waals surface area contributed by atoms with Crippen LogP contribution in [0.25, 0.3) is 0 Å². The number of nitrogens with one attached hydrogen (secondary N) is 1. The van der Waals surface area contributed by atoms with E-state index in [1.807, 2.05) is 19.1 Å². The van der Waals surface area contributed by atoms with Gasteiger partial charge in [-0.1, -0.05) is 29.8 Å². The van der Waals surface area contributed by atoms with Gasteiger partial charge in [0.1, 0.15) is 5.92 Å². The normalized spacial score (nSPS) is 20.0. The van der Waals surface area contributed by atoms with Crippen molar-refractivity contribution in [3.63, 3.8) is 0 Å². The largest absolute Gasteiger partial charge is 0.330 e. The summed E-state index contributed by atoms with van der Waals surface area (Å²) >= 11 is 0. The predicted octanol–water partition coefficient (Wildman–Crippen LogP) is 1.18. The first-order valence-corrected chi connectivity index (χ1v) is 5.77. The minimum Gasteiger partial charge on any atom is -0.277 e. The van der Waals surface area contributed by atoms with E-state index in [4.69, 9.17) is 0 Å². The average molecular weight is 246 g/mol. The van der Waals surface area contributed by atoms with Crippen molar-refractivity contribution >= 4 is 17.8 Å². The Morgan fingerprint density at radius 3 is 2.33 bits per heavy atom. The predicted molar refractivity (Wildman–Crippen MR) is 64.8 cm³/mol. The van der Waals surface area contributed by atoms with Gasteiger partial charge in [0.2, 0.25) is 11.8 Å². The summed E-state index contributed by atoms with van der Waals surface area (Å²) in [6.45, 7) is 3.87. The number of amides is 4. The standard InChI is InChI=1S/C13H14N2O3/c1-3-15-12(17)10(11(16)14-13(15)18)9-6-4-8(2)5-7-9/h4-7,10H,3H2,1-2H3,(H,14,16,18). The molecule has 0 aromatic heterocycles. The summed E-state index contributed by atoms with van der Waals surface area (Å²) in [6.07, 6.45) is 0. The van der Waals surface area contributed by atoms with Crippen molar-refractivity contribution in [2.45, 2.75) is 19.8 Å². The number of benzene rings is 1. The number of hydrogen-bond donors (Lipinski definition) is 1. The number of carbonyl (C=O) groups excluding carboxylic acids is 3. The summed E-state index contributed by atoms with van der Waals surface area (Å²) in [7, 11) is 0. The van der Waals surface area contributed by atoms with Crippen LogP contribution in [0.1, 0.15) is 24.0 Å². The number of imide groups is 2. The van der Waals surface area contributed by atoms with Crippen LogP contribution in [0.2, 0.25) is 0 Å². The maximum absolute atomic E-state index is 12.1. The fourth-order valence-corrected chi connectivity index (χ4v) is 1.97. The summed E-state index contributed by atoms with van der Waals surface area (Å²) in [4.78, 5) is 36.4. The van der Waals surface area contributed by atoms with E-state index in [9.17, 15) is 14.4 Å². The first-order valence-electron chi connectivity index (χ1n) is 5.77. The van der Waals surface area contributed by atoms with Gasteiger partial charge in [-0.15, -0.1) is 0 Å². The molecule has 0 spiro atoms. The molecule has 1 N–H and O–H groups in total.